The van der Waals surface area contributed by atoms with Crippen LogP contribution in [0.15, 0.2) is 18.2 Å². The van der Waals surface area contributed by atoms with Gasteiger partial charge in [0.2, 0.25) is 0 Å². The van der Waals surface area contributed by atoms with Gasteiger partial charge in [-0.05, 0) is 6.07 Å². The van der Waals surface area contributed by atoms with E-state index in [1.54, 1.807) is 0 Å². The topological polar surface area (TPSA) is 72.6 Å². The van der Waals surface area contributed by atoms with E-state index in [-0.39, 0.29) is 5.69 Å². The first-order valence-electron chi connectivity index (χ1n) is 4.16. The molecule has 82 valence electrons. The van der Waals surface area contributed by atoms with Crippen molar-refractivity contribution < 1.29 is 14.8 Å². The number of alkyl halides is 1. The number of ether oxygens (including phenoxy) is 1. The van der Waals surface area contributed by atoms with E-state index in [2.05, 4.69) is 15.9 Å². The van der Waals surface area contributed by atoms with Crippen LogP contribution in [0, 0.1) is 10.1 Å². The highest BCUT2D eigenvalue weighted by molar-refractivity contribution is 9.09. The van der Waals surface area contributed by atoms with Crippen LogP contribution in [-0.2, 0) is 0 Å². The smallest absolute Gasteiger partial charge is 0.270 e. The Morgan fingerprint density at radius 3 is 2.80 bits per heavy atom. The van der Waals surface area contributed by atoms with E-state index in [9.17, 15) is 15.2 Å². The summed E-state index contributed by atoms with van der Waals surface area (Å²) in [5.41, 5.74) is 0.342. The molecule has 0 aromatic heterocycles. The van der Waals surface area contributed by atoms with Gasteiger partial charge in [0.1, 0.15) is 5.75 Å². The van der Waals surface area contributed by atoms with E-state index in [1.807, 2.05) is 0 Å². The lowest BCUT2D eigenvalue weighted by atomic mass is 10.1. The van der Waals surface area contributed by atoms with Crippen LogP contribution in [0.2, 0.25) is 0 Å². The minimum Gasteiger partial charge on any atom is -0.496 e. The van der Waals surface area contributed by atoms with Crippen LogP contribution < -0.4 is 4.74 Å². The molecule has 0 aliphatic carbocycles. The van der Waals surface area contributed by atoms with E-state index >= 15 is 0 Å². The van der Waals surface area contributed by atoms with E-state index in [0.717, 1.165) is 0 Å². The van der Waals surface area contributed by atoms with Gasteiger partial charge in [-0.3, -0.25) is 10.1 Å². The molecular formula is C9H10BrNO4. The van der Waals surface area contributed by atoms with Gasteiger partial charge in [-0.2, -0.15) is 0 Å². The number of nitrogens with zero attached hydrogens (tertiary/aromatic N) is 1. The predicted octanol–water partition coefficient (Wildman–Crippen LogP) is 2.03. The molecule has 0 spiro atoms. The highest BCUT2D eigenvalue weighted by atomic mass is 79.9. The zero-order valence-corrected chi connectivity index (χ0v) is 9.60. The molecule has 1 atom stereocenters. The maximum atomic E-state index is 10.5. The van der Waals surface area contributed by atoms with Crippen molar-refractivity contribution in [2.75, 3.05) is 12.4 Å². The van der Waals surface area contributed by atoms with Crippen LogP contribution in [0.25, 0.3) is 0 Å². The van der Waals surface area contributed by atoms with Crippen LogP contribution in [0.4, 0.5) is 5.69 Å². The molecule has 1 aromatic carbocycles. The number of methoxy groups -OCH3 is 1. The van der Waals surface area contributed by atoms with Crippen molar-refractivity contribution in [3.63, 3.8) is 0 Å². The Hall–Kier alpha value is -1.14. The first kappa shape index (κ1) is 11.9. The highest BCUT2D eigenvalue weighted by Crippen LogP contribution is 2.29. The minimum atomic E-state index is -0.820. The summed E-state index contributed by atoms with van der Waals surface area (Å²) in [7, 11) is 1.45. The average molecular weight is 276 g/mol. The summed E-state index contributed by atoms with van der Waals surface area (Å²) < 4.78 is 5.00. The maximum Gasteiger partial charge on any atom is 0.270 e. The first-order valence-corrected chi connectivity index (χ1v) is 5.28. The van der Waals surface area contributed by atoms with Crippen molar-refractivity contribution in [2.24, 2.45) is 0 Å². The second-order valence-electron chi connectivity index (χ2n) is 2.85. The molecule has 15 heavy (non-hydrogen) atoms. The second-order valence-corrected chi connectivity index (χ2v) is 3.50. The van der Waals surface area contributed by atoms with Crippen LogP contribution in [-0.4, -0.2) is 22.5 Å². The molecule has 1 unspecified atom stereocenters. The third-order valence-electron chi connectivity index (χ3n) is 1.93. The van der Waals surface area contributed by atoms with Crippen molar-refractivity contribution >= 4 is 21.6 Å². The van der Waals surface area contributed by atoms with Gasteiger partial charge < -0.3 is 9.84 Å². The molecule has 0 heterocycles. The quantitative estimate of drug-likeness (QED) is 0.519. The standard InChI is InChI=1S/C9H10BrNO4/c1-15-9-3-2-6(11(13)14)4-7(9)8(12)5-10/h2-4,8,12H,5H2,1H3. The van der Waals surface area contributed by atoms with Crippen molar-refractivity contribution in [3.8, 4) is 5.75 Å². The van der Waals surface area contributed by atoms with E-state index < -0.39 is 11.0 Å². The second kappa shape index (κ2) is 5.09. The number of aliphatic hydroxyl groups excluding tert-OH is 1. The number of benzene rings is 1. The Labute approximate surface area is 95.0 Å². The summed E-state index contributed by atoms with van der Waals surface area (Å²) >= 11 is 3.10. The normalized spacial score (nSPS) is 12.2. The molecule has 0 aliphatic heterocycles. The Balaban J connectivity index is 3.18. The van der Waals surface area contributed by atoms with Crippen molar-refractivity contribution in [3.05, 3.63) is 33.9 Å². The van der Waals surface area contributed by atoms with Crippen LogP contribution in [0.1, 0.15) is 11.7 Å². The fourth-order valence-electron chi connectivity index (χ4n) is 1.18. The van der Waals surface area contributed by atoms with Gasteiger partial charge in [-0.1, -0.05) is 15.9 Å². The minimum absolute atomic E-state index is 0.0641. The maximum absolute atomic E-state index is 10.5. The fourth-order valence-corrected chi connectivity index (χ4v) is 1.53. The third kappa shape index (κ3) is 2.66. The van der Waals surface area contributed by atoms with Gasteiger partial charge in [-0.25, -0.2) is 0 Å². The van der Waals surface area contributed by atoms with E-state index in [0.29, 0.717) is 16.6 Å². The monoisotopic (exact) mass is 275 g/mol. The average Bonchev–Trinajstić information content (AvgIpc) is 2.27. The molecule has 1 aromatic rings. The molecule has 6 heteroatoms. The van der Waals surface area contributed by atoms with Gasteiger partial charge >= 0.3 is 0 Å². The molecule has 5 nitrogen and oxygen atoms in total. The number of hydrogen-bond donors (Lipinski definition) is 1. The zero-order valence-electron chi connectivity index (χ0n) is 8.01. The number of rotatable bonds is 4. The van der Waals surface area contributed by atoms with Gasteiger partial charge in [0.05, 0.1) is 18.1 Å². The number of halogens is 1. The van der Waals surface area contributed by atoms with Crippen molar-refractivity contribution in [1.29, 1.82) is 0 Å². The summed E-state index contributed by atoms with van der Waals surface area (Å²) in [6, 6.07) is 4.12. The summed E-state index contributed by atoms with van der Waals surface area (Å²) in [5, 5.41) is 20.4. The lowest BCUT2D eigenvalue weighted by Gasteiger charge is -2.11. The van der Waals surface area contributed by atoms with Gasteiger partial charge in [0.15, 0.2) is 0 Å². The molecule has 1 rings (SSSR count). The Morgan fingerprint density at radius 2 is 2.33 bits per heavy atom. The van der Waals surface area contributed by atoms with Gasteiger partial charge in [0, 0.05) is 23.0 Å². The third-order valence-corrected chi connectivity index (χ3v) is 2.54. The van der Waals surface area contributed by atoms with Crippen molar-refractivity contribution in [2.45, 2.75) is 6.10 Å². The number of nitro groups is 1. The molecule has 0 radical (unpaired) electrons. The van der Waals surface area contributed by atoms with E-state index in [1.165, 1.54) is 25.3 Å². The number of hydrogen-bond acceptors (Lipinski definition) is 4. The van der Waals surface area contributed by atoms with E-state index in [4.69, 9.17) is 4.74 Å². The summed E-state index contributed by atoms with van der Waals surface area (Å²) in [5.74, 6) is 0.438. The SMILES string of the molecule is COc1ccc([N+](=O)[O-])cc1C(O)CBr. The molecule has 0 amide bonds. The number of non-ortho nitro benzene ring substituents is 1. The first-order chi connectivity index (χ1) is 7.10. The van der Waals surface area contributed by atoms with Crippen LogP contribution >= 0.6 is 15.9 Å². The lowest BCUT2D eigenvalue weighted by molar-refractivity contribution is -0.385. The summed E-state index contributed by atoms with van der Waals surface area (Å²) in [6.07, 6.45) is -0.820. The molecule has 0 fully saturated rings. The summed E-state index contributed by atoms with van der Waals surface area (Å²) in [6.45, 7) is 0. The number of aliphatic hydroxyl groups is 1. The Bertz CT molecular complexity index is 369. The van der Waals surface area contributed by atoms with Crippen LogP contribution in [0.5, 0.6) is 5.75 Å². The van der Waals surface area contributed by atoms with Gasteiger partial charge in [-0.15, -0.1) is 0 Å². The molecule has 0 saturated carbocycles. The number of nitro benzene ring substituents is 1. The van der Waals surface area contributed by atoms with Crippen LogP contribution in [0.3, 0.4) is 0 Å². The van der Waals surface area contributed by atoms with Gasteiger partial charge in [0.25, 0.3) is 5.69 Å². The zero-order chi connectivity index (χ0) is 11.4. The Kier molecular flexibility index (Phi) is 4.05. The molecule has 0 saturated heterocycles. The Morgan fingerprint density at radius 1 is 1.67 bits per heavy atom. The fraction of sp³-hybridized carbons (Fsp3) is 0.333. The highest BCUT2D eigenvalue weighted by Gasteiger charge is 2.16. The molecular weight excluding hydrogens is 266 g/mol. The molecule has 0 aliphatic rings. The molecule has 1 N–H and O–H groups in total. The largest absolute Gasteiger partial charge is 0.496 e. The van der Waals surface area contributed by atoms with Crippen molar-refractivity contribution in [1.82, 2.24) is 0 Å². The molecule has 0 bridgehead atoms. The predicted molar refractivity (Wildman–Crippen MR) is 58.4 cm³/mol. The lowest BCUT2D eigenvalue weighted by Crippen LogP contribution is -2.02. The summed E-state index contributed by atoms with van der Waals surface area (Å²) in [4.78, 5) is 10.0.